The van der Waals surface area contributed by atoms with Gasteiger partial charge in [-0.1, -0.05) is 0 Å². The lowest BCUT2D eigenvalue weighted by Crippen LogP contribution is -2.44. The van der Waals surface area contributed by atoms with Crippen LogP contribution in [0.5, 0.6) is 0 Å². The molecule has 0 saturated carbocycles. The van der Waals surface area contributed by atoms with Crippen molar-refractivity contribution in [2.45, 2.75) is 32.9 Å². The van der Waals surface area contributed by atoms with Gasteiger partial charge in [0, 0.05) is 38.3 Å². The zero-order valence-corrected chi connectivity index (χ0v) is 12.5. The number of nitrogens with one attached hydrogen (secondary N) is 1. The first-order valence-corrected chi connectivity index (χ1v) is 6.95. The van der Waals surface area contributed by atoms with E-state index >= 15 is 0 Å². The molecule has 5 heteroatoms. The summed E-state index contributed by atoms with van der Waals surface area (Å²) in [5.41, 5.74) is 1.10. The predicted octanol–water partition coefficient (Wildman–Crippen LogP) is 1.12. The number of hydrogen-bond donors (Lipinski definition) is 1. The number of anilines is 1. The maximum absolute atomic E-state index is 4.35. The molecule has 2 rings (SSSR count). The van der Waals surface area contributed by atoms with Crippen LogP contribution in [0, 0.1) is 0 Å². The molecule has 1 N–H and O–H groups in total. The quantitative estimate of drug-likeness (QED) is 0.885. The minimum absolute atomic E-state index is 0.109. The van der Waals surface area contributed by atoms with E-state index in [4.69, 9.17) is 0 Å². The summed E-state index contributed by atoms with van der Waals surface area (Å²) in [6, 6.07) is 4.15. The molecule has 1 aromatic heterocycles. The lowest BCUT2D eigenvalue weighted by molar-refractivity contribution is 0.311. The Morgan fingerprint density at radius 1 is 1.11 bits per heavy atom. The van der Waals surface area contributed by atoms with Gasteiger partial charge >= 0.3 is 0 Å². The van der Waals surface area contributed by atoms with Crippen LogP contribution in [-0.4, -0.2) is 53.9 Å². The smallest absolute Gasteiger partial charge is 0.151 e. The lowest BCUT2D eigenvalue weighted by Gasteiger charge is -2.32. The number of likely N-dealkylation sites (N-methyl/N-ethyl adjacent to an activating group) is 1. The molecule has 1 fully saturated rings. The molecule has 0 unspecified atom stereocenters. The third-order valence-electron chi connectivity index (χ3n) is 3.33. The topological polar surface area (TPSA) is 44.3 Å². The maximum Gasteiger partial charge on any atom is 0.151 e. The molecule has 19 heavy (non-hydrogen) atoms. The second kappa shape index (κ2) is 5.84. The van der Waals surface area contributed by atoms with Crippen LogP contribution < -0.4 is 10.2 Å². The van der Waals surface area contributed by atoms with Crippen molar-refractivity contribution >= 4 is 5.82 Å². The molecular formula is C14H25N5. The molecule has 2 heterocycles. The van der Waals surface area contributed by atoms with E-state index in [1.807, 2.05) is 0 Å². The molecule has 0 amide bonds. The van der Waals surface area contributed by atoms with Crippen molar-refractivity contribution in [1.82, 2.24) is 20.4 Å². The van der Waals surface area contributed by atoms with Gasteiger partial charge in [-0.25, -0.2) is 0 Å². The Hall–Kier alpha value is -1.20. The molecule has 1 aliphatic heterocycles. The van der Waals surface area contributed by atoms with Crippen LogP contribution >= 0.6 is 0 Å². The average molecular weight is 263 g/mol. The molecule has 1 aliphatic rings. The Morgan fingerprint density at radius 3 is 2.32 bits per heavy atom. The van der Waals surface area contributed by atoms with Gasteiger partial charge in [0.05, 0.1) is 5.69 Å². The van der Waals surface area contributed by atoms with Gasteiger partial charge in [0.15, 0.2) is 5.82 Å². The molecule has 106 valence electrons. The zero-order valence-electron chi connectivity index (χ0n) is 12.5. The van der Waals surface area contributed by atoms with Gasteiger partial charge in [-0.15, -0.1) is 5.10 Å². The molecule has 0 aromatic carbocycles. The minimum Gasteiger partial charge on any atom is -0.353 e. The fourth-order valence-electron chi connectivity index (χ4n) is 2.01. The predicted molar refractivity (Wildman–Crippen MR) is 78.3 cm³/mol. The summed E-state index contributed by atoms with van der Waals surface area (Å²) in [5.74, 6) is 0.993. The monoisotopic (exact) mass is 263 g/mol. The standard InChI is InChI=1S/C14H25N5/c1-14(2,3)15-11-12-5-6-13(17-16-12)19-9-7-18(4)8-10-19/h5-6,15H,7-11H2,1-4H3. The molecule has 1 aromatic rings. The Kier molecular flexibility index (Phi) is 4.37. The number of aromatic nitrogens is 2. The Morgan fingerprint density at radius 2 is 1.79 bits per heavy atom. The molecule has 0 atom stereocenters. The molecule has 0 aliphatic carbocycles. The summed E-state index contributed by atoms with van der Waals surface area (Å²) in [5, 5.41) is 12.1. The molecule has 1 saturated heterocycles. The highest BCUT2D eigenvalue weighted by Crippen LogP contribution is 2.12. The fourth-order valence-corrected chi connectivity index (χ4v) is 2.01. The van der Waals surface area contributed by atoms with Crippen molar-refractivity contribution in [2.24, 2.45) is 0 Å². The second-order valence-corrected chi connectivity index (χ2v) is 6.28. The summed E-state index contributed by atoms with van der Waals surface area (Å²) in [7, 11) is 2.16. The minimum atomic E-state index is 0.109. The number of nitrogens with zero attached hydrogens (tertiary/aromatic N) is 4. The first-order chi connectivity index (χ1) is 8.94. The summed E-state index contributed by atoms with van der Waals surface area (Å²) >= 11 is 0. The average Bonchev–Trinajstić information content (AvgIpc) is 2.37. The molecule has 0 radical (unpaired) electrons. The van der Waals surface area contributed by atoms with Crippen LogP contribution in [0.2, 0.25) is 0 Å². The van der Waals surface area contributed by atoms with Crippen LogP contribution in [-0.2, 0) is 6.54 Å². The van der Waals surface area contributed by atoms with E-state index in [9.17, 15) is 0 Å². The lowest BCUT2D eigenvalue weighted by atomic mass is 10.1. The van der Waals surface area contributed by atoms with Crippen molar-refractivity contribution in [3.05, 3.63) is 17.8 Å². The summed E-state index contributed by atoms with van der Waals surface area (Å²) in [6.45, 7) is 11.5. The van der Waals surface area contributed by atoms with Crippen molar-refractivity contribution < 1.29 is 0 Å². The van der Waals surface area contributed by atoms with Gasteiger partial charge in [-0.3, -0.25) is 0 Å². The Balaban J connectivity index is 1.91. The number of piperazine rings is 1. The van der Waals surface area contributed by atoms with Gasteiger partial charge in [0.2, 0.25) is 0 Å². The van der Waals surface area contributed by atoms with Gasteiger partial charge < -0.3 is 15.1 Å². The van der Waals surface area contributed by atoms with E-state index in [0.717, 1.165) is 44.2 Å². The van der Waals surface area contributed by atoms with Crippen molar-refractivity contribution in [3.8, 4) is 0 Å². The van der Waals surface area contributed by atoms with Gasteiger partial charge in [0.1, 0.15) is 0 Å². The first kappa shape index (κ1) is 14.2. The van der Waals surface area contributed by atoms with E-state index in [2.05, 4.69) is 65.3 Å². The van der Waals surface area contributed by atoms with E-state index in [1.165, 1.54) is 0 Å². The van der Waals surface area contributed by atoms with E-state index in [1.54, 1.807) is 0 Å². The van der Waals surface area contributed by atoms with Gasteiger partial charge in [-0.2, -0.15) is 5.10 Å². The van der Waals surface area contributed by atoms with E-state index in [0.29, 0.717) is 0 Å². The number of rotatable bonds is 3. The highest BCUT2D eigenvalue weighted by molar-refractivity contribution is 5.37. The van der Waals surface area contributed by atoms with Gasteiger partial charge in [-0.05, 0) is 40.0 Å². The Bertz CT molecular complexity index is 387. The van der Waals surface area contributed by atoms with Crippen LogP contribution in [0.25, 0.3) is 0 Å². The van der Waals surface area contributed by atoms with Crippen molar-refractivity contribution in [1.29, 1.82) is 0 Å². The highest BCUT2D eigenvalue weighted by Gasteiger charge is 2.15. The fraction of sp³-hybridized carbons (Fsp3) is 0.714. The van der Waals surface area contributed by atoms with Gasteiger partial charge in [0.25, 0.3) is 0 Å². The first-order valence-electron chi connectivity index (χ1n) is 6.95. The summed E-state index contributed by atoms with van der Waals surface area (Å²) < 4.78 is 0. The molecule has 0 spiro atoms. The normalized spacial score (nSPS) is 17.8. The van der Waals surface area contributed by atoms with Crippen molar-refractivity contribution in [2.75, 3.05) is 38.1 Å². The maximum atomic E-state index is 4.35. The molecule has 0 bridgehead atoms. The van der Waals surface area contributed by atoms with Crippen LogP contribution in [0.15, 0.2) is 12.1 Å². The SMILES string of the molecule is CN1CCN(c2ccc(CNC(C)(C)C)nn2)CC1. The third kappa shape index (κ3) is 4.44. The highest BCUT2D eigenvalue weighted by atomic mass is 15.3. The third-order valence-corrected chi connectivity index (χ3v) is 3.33. The molecular weight excluding hydrogens is 238 g/mol. The van der Waals surface area contributed by atoms with Crippen LogP contribution in [0.1, 0.15) is 26.5 Å². The zero-order chi connectivity index (χ0) is 13.9. The van der Waals surface area contributed by atoms with E-state index < -0.39 is 0 Å². The second-order valence-electron chi connectivity index (χ2n) is 6.28. The summed E-state index contributed by atoms with van der Waals surface area (Å²) in [6.07, 6.45) is 0. The number of hydrogen-bond acceptors (Lipinski definition) is 5. The molecule has 5 nitrogen and oxygen atoms in total. The van der Waals surface area contributed by atoms with Crippen molar-refractivity contribution in [3.63, 3.8) is 0 Å². The Labute approximate surface area is 116 Å². The van der Waals surface area contributed by atoms with Crippen LogP contribution in [0.4, 0.5) is 5.82 Å². The summed E-state index contributed by atoms with van der Waals surface area (Å²) in [4.78, 5) is 4.64. The van der Waals surface area contributed by atoms with Crippen LogP contribution in [0.3, 0.4) is 0 Å². The largest absolute Gasteiger partial charge is 0.353 e. The van der Waals surface area contributed by atoms with E-state index in [-0.39, 0.29) is 5.54 Å².